The lowest BCUT2D eigenvalue weighted by Crippen LogP contribution is -2.59. The average Bonchev–Trinajstić information content (AvgIpc) is 2.63. The zero-order valence-electron chi connectivity index (χ0n) is 16.5. The van der Waals surface area contributed by atoms with E-state index in [9.17, 15) is 13.2 Å². The number of carbonyl (C=O) groups excluding carboxylic acids is 1. The van der Waals surface area contributed by atoms with Gasteiger partial charge in [-0.25, -0.2) is 8.42 Å². The minimum Gasteiger partial charge on any atom is -0.491 e. The monoisotopic (exact) mass is 394 g/mol. The first-order valence-corrected chi connectivity index (χ1v) is 11.3. The minimum atomic E-state index is -3.35. The van der Waals surface area contributed by atoms with E-state index in [-0.39, 0.29) is 29.9 Å². The van der Waals surface area contributed by atoms with Crippen LogP contribution in [0.3, 0.4) is 0 Å². The molecule has 3 atom stereocenters. The van der Waals surface area contributed by atoms with Crippen molar-refractivity contribution in [2.45, 2.75) is 64.4 Å². The van der Waals surface area contributed by atoms with Gasteiger partial charge in [-0.2, -0.15) is 4.31 Å². The van der Waals surface area contributed by atoms with Crippen molar-refractivity contribution < 1.29 is 17.9 Å². The van der Waals surface area contributed by atoms with Gasteiger partial charge in [0.15, 0.2) is 0 Å². The number of sulfonamides is 1. The van der Waals surface area contributed by atoms with Gasteiger partial charge in [-0.1, -0.05) is 0 Å². The number of hydrogen-bond donors (Lipinski definition) is 1. The molecule has 3 unspecified atom stereocenters. The molecule has 3 aliphatic rings. The Bertz CT molecular complexity index is 774. The molecule has 2 bridgehead atoms. The number of anilines is 1. The summed E-state index contributed by atoms with van der Waals surface area (Å²) in [5, 5.41) is 2.50. The molecule has 4 rings (SSSR count). The van der Waals surface area contributed by atoms with Crippen molar-refractivity contribution in [2.24, 2.45) is 11.8 Å². The highest BCUT2D eigenvalue weighted by Crippen LogP contribution is 2.41. The number of hydrogen-bond acceptors (Lipinski definition) is 4. The number of ether oxygens (including phenoxy) is 1. The molecule has 2 saturated heterocycles. The zero-order chi connectivity index (χ0) is 19.8. The van der Waals surface area contributed by atoms with E-state index in [1.54, 1.807) is 18.2 Å². The molecule has 150 valence electrons. The lowest BCUT2D eigenvalue weighted by atomic mass is 9.73. The molecule has 6 nitrogen and oxygen atoms in total. The van der Waals surface area contributed by atoms with Crippen molar-refractivity contribution in [3.05, 3.63) is 24.3 Å². The van der Waals surface area contributed by atoms with Crippen LogP contribution in [-0.2, 0) is 14.8 Å². The summed E-state index contributed by atoms with van der Waals surface area (Å²) in [5.74, 6) is 0.638. The van der Waals surface area contributed by atoms with E-state index in [4.69, 9.17) is 4.74 Å². The van der Waals surface area contributed by atoms with Gasteiger partial charge in [0.2, 0.25) is 15.9 Å². The lowest BCUT2D eigenvalue weighted by Gasteiger charge is -2.48. The lowest BCUT2D eigenvalue weighted by molar-refractivity contribution is -0.125. The van der Waals surface area contributed by atoms with Crippen molar-refractivity contribution in [2.75, 3.05) is 11.9 Å². The highest BCUT2D eigenvalue weighted by atomic mass is 32.2. The normalized spacial score (nSPS) is 25.8. The van der Waals surface area contributed by atoms with Crippen molar-refractivity contribution in [3.63, 3.8) is 0 Å². The van der Waals surface area contributed by atoms with Crippen LogP contribution in [0.25, 0.3) is 0 Å². The van der Waals surface area contributed by atoms with Crippen molar-refractivity contribution in [1.29, 1.82) is 0 Å². The van der Waals surface area contributed by atoms with Gasteiger partial charge in [0.1, 0.15) is 5.75 Å². The first-order chi connectivity index (χ1) is 12.7. The zero-order valence-corrected chi connectivity index (χ0v) is 17.3. The molecule has 2 heterocycles. The Morgan fingerprint density at radius 3 is 2.37 bits per heavy atom. The Morgan fingerprint density at radius 1 is 1.15 bits per heavy atom. The van der Waals surface area contributed by atoms with Crippen molar-refractivity contribution in [3.8, 4) is 5.75 Å². The molecule has 1 aliphatic carbocycles. The van der Waals surface area contributed by atoms with Crippen LogP contribution >= 0.6 is 0 Å². The largest absolute Gasteiger partial charge is 0.491 e. The standard InChI is InChI=1S/C20H30N2O4S/c1-13(2)26-17-8-6-16(7-9-17)21-20(23)18-11-15-5-10-19(18)22(12-15)27(24,25)14(3)4/h6-9,13-15,18-19H,5,10-12H2,1-4H3,(H,21,23). The van der Waals surface area contributed by atoms with E-state index in [2.05, 4.69) is 5.32 Å². The van der Waals surface area contributed by atoms with E-state index in [1.165, 1.54) is 0 Å². The highest BCUT2D eigenvalue weighted by molar-refractivity contribution is 7.89. The minimum absolute atomic E-state index is 0.0918. The molecule has 1 saturated carbocycles. The number of piperidine rings is 2. The number of fused-ring (bicyclic) bond motifs is 3. The van der Waals surface area contributed by atoms with E-state index < -0.39 is 15.3 Å². The van der Waals surface area contributed by atoms with Gasteiger partial charge in [0, 0.05) is 18.3 Å². The van der Waals surface area contributed by atoms with Gasteiger partial charge in [-0.05, 0) is 77.1 Å². The molecule has 1 aromatic carbocycles. The molecular formula is C20H30N2O4S. The number of rotatable bonds is 6. The SMILES string of the molecule is CC(C)Oc1ccc(NC(=O)C2CC3CCC2N(S(=O)(=O)C(C)C)C3)cc1. The molecule has 0 aromatic heterocycles. The highest BCUT2D eigenvalue weighted by Gasteiger charge is 2.48. The second-order valence-corrected chi connectivity index (χ2v) is 10.6. The Labute approximate surface area is 162 Å². The average molecular weight is 395 g/mol. The molecule has 1 aromatic rings. The predicted octanol–water partition coefficient (Wildman–Crippen LogP) is 3.25. The van der Waals surface area contributed by atoms with Crippen molar-refractivity contribution in [1.82, 2.24) is 4.31 Å². The van der Waals surface area contributed by atoms with Crippen LogP contribution < -0.4 is 10.1 Å². The Morgan fingerprint density at radius 2 is 1.81 bits per heavy atom. The van der Waals surface area contributed by atoms with Gasteiger partial charge in [-0.15, -0.1) is 0 Å². The maximum Gasteiger partial charge on any atom is 0.229 e. The molecule has 0 radical (unpaired) electrons. The summed E-state index contributed by atoms with van der Waals surface area (Å²) in [4.78, 5) is 12.9. The van der Waals surface area contributed by atoms with Crippen LogP contribution in [0.5, 0.6) is 5.75 Å². The molecule has 2 aliphatic heterocycles. The molecule has 7 heteroatoms. The second-order valence-electron chi connectivity index (χ2n) is 8.20. The fourth-order valence-electron chi connectivity index (χ4n) is 4.11. The maximum atomic E-state index is 12.9. The van der Waals surface area contributed by atoms with Crippen LogP contribution in [0.1, 0.15) is 47.0 Å². The van der Waals surface area contributed by atoms with Crippen LogP contribution in [0.15, 0.2) is 24.3 Å². The number of amides is 1. The Balaban J connectivity index is 1.71. The van der Waals surface area contributed by atoms with Crippen LogP contribution in [0.4, 0.5) is 5.69 Å². The van der Waals surface area contributed by atoms with Gasteiger partial charge in [0.25, 0.3) is 0 Å². The Kier molecular flexibility index (Phi) is 5.82. The molecule has 0 spiro atoms. The number of benzene rings is 1. The summed E-state index contributed by atoms with van der Waals surface area (Å²) >= 11 is 0. The third-order valence-corrected chi connectivity index (χ3v) is 7.75. The van der Waals surface area contributed by atoms with Gasteiger partial charge in [-0.3, -0.25) is 4.79 Å². The molecular weight excluding hydrogens is 364 g/mol. The van der Waals surface area contributed by atoms with Gasteiger partial charge >= 0.3 is 0 Å². The number of carbonyl (C=O) groups is 1. The van der Waals surface area contributed by atoms with Gasteiger partial charge < -0.3 is 10.1 Å². The molecule has 3 fully saturated rings. The third-order valence-electron chi connectivity index (χ3n) is 5.48. The summed E-state index contributed by atoms with van der Waals surface area (Å²) in [6.07, 6.45) is 2.61. The first-order valence-electron chi connectivity index (χ1n) is 9.76. The third kappa shape index (κ3) is 4.29. The topological polar surface area (TPSA) is 75.7 Å². The fourth-order valence-corrected chi connectivity index (χ4v) is 5.70. The van der Waals surface area contributed by atoms with E-state index in [0.717, 1.165) is 25.0 Å². The summed E-state index contributed by atoms with van der Waals surface area (Å²) in [7, 11) is -3.35. The maximum absolute atomic E-state index is 12.9. The van der Waals surface area contributed by atoms with Crippen LogP contribution in [0.2, 0.25) is 0 Å². The summed E-state index contributed by atoms with van der Waals surface area (Å²) < 4.78 is 32.6. The van der Waals surface area contributed by atoms with Gasteiger partial charge in [0.05, 0.1) is 17.3 Å². The van der Waals surface area contributed by atoms with E-state index in [0.29, 0.717) is 12.2 Å². The van der Waals surface area contributed by atoms with Crippen LogP contribution in [-0.4, -0.2) is 42.6 Å². The predicted molar refractivity (Wildman–Crippen MR) is 106 cm³/mol. The molecule has 1 amide bonds. The smallest absolute Gasteiger partial charge is 0.229 e. The van der Waals surface area contributed by atoms with Crippen molar-refractivity contribution >= 4 is 21.6 Å². The second kappa shape index (κ2) is 7.80. The number of nitrogens with one attached hydrogen (secondary N) is 1. The van der Waals surface area contributed by atoms with E-state index >= 15 is 0 Å². The van der Waals surface area contributed by atoms with Crippen LogP contribution in [0, 0.1) is 11.8 Å². The molecule has 27 heavy (non-hydrogen) atoms. The first kappa shape index (κ1) is 20.1. The Hall–Kier alpha value is -1.60. The number of nitrogens with zero attached hydrogens (tertiary/aromatic N) is 1. The van der Waals surface area contributed by atoms with E-state index in [1.807, 2.05) is 38.1 Å². The molecule has 1 N–H and O–H groups in total. The quantitative estimate of drug-likeness (QED) is 0.804. The fraction of sp³-hybridized carbons (Fsp3) is 0.650. The summed E-state index contributed by atoms with van der Waals surface area (Å²) in [6.45, 7) is 7.88. The summed E-state index contributed by atoms with van der Waals surface area (Å²) in [6, 6.07) is 7.07. The summed E-state index contributed by atoms with van der Waals surface area (Å²) in [5.41, 5.74) is 0.704.